The zero-order valence-electron chi connectivity index (χ0n) is 33.5. The van der Waals surface area contributed by atoms with Crippen LogP contribution in [0.25, 0.3) is 33.4 Å². The lowest BCUT2D eigenvalue weighted by Gasteiger charge is -2.35. The molecule has 14 heteroatoms. The number of nitrogens with zero attached hydrogens (tertiary/aromatic N) is 4. The Morgan fingerprint density at radius 1 is 1.14 bits per heavy atom. The standard InChI is InChI=1S/C43H51F3N6O5/c1-8-29(25(2)3)39(53)49-35-21-28-12-9-14-33(48-28)27-16-17-36-31(20-27)32(22-42(5,6)24-57-41(55)34-15-11-19-52(50-34)40(35)54)38(51(36)23-43(44,45)46)30-13-10-18-47-37(30)26(4)56-7/h8-10,12-14,16-18,20,25-26,34-35,50H,11,15,19,21-24H2,1-7H3,(H,49,53)/b29-8+/t26-,34-,35-/m0/s1. The number of nitrogens with one attached hydrogen (secondary N) is 2. The zero-order valence-corrected chi connectivity index (χ0v) is 33.5. The van der Waals surface area contributed by atoms with Gasteiger partial charge < -0.3 is 19.4 Å². The third-order valence-corrected chi connectivity index (χ3v) is 10.6. The van der Waals surface area contributed by atoms with Gasteiger partial charge in [0.05, 0.1) is 29.8 Å². The second-order valence-electron chi connectivity index (χ2n) is 16.0. The first-order valence-corrected chi connectivity index (χ1v) is 19.4. The maximum absolute atomic E-state index is 14.5. The van der Waals surface area contributed by atoms with Gasteiger partial charge in [-0.25, -0.2) is 5.43 Å². The van der Waals surface area contributed by atoms with Crippen LogP contribution < -0.4 is 10.7 Å². The molecule has 2 aliphatic heterocycles. The number of carbonyl (C=O) groups excluding carboxylic acids is 3. The zero-order chi connectivity index (χ0) is 41.2. The van der Waals surface area contributed by atoms with Crippen LogP contribution in [-0.4, -0.2) is 75.8 Å². The van der Waals surface area contributed by atoms with Crippen LogP contribution in [-0.2, 0) is 43.2 Å². The summed E-state index contributed by atoms with van der Waals surface area (Å²) < 4.78 is 56.5. The van der Waals surface area contributed by atoms with Gasteiger partial charge in [-0.1, -0.05) is 45.9 Å². The molecule has 6 rings (SSSR count). The van der Waals surface area contributed by atoms with Gasteiger partial charge in [0.1, 0.15) is 18.6 Å². The molecule has 2 N–H and O–H groups in total. The van der Waals surface area contributed by atoms with Gasteiger partial charge in [-0.3, -0.25) is 29.4 Å². The van der Waals surface area contributed by atoms with Crippen LogP contribution in [0, 0.1) is 11.3 Å². The molecule has 0 radical (unpaired) electrons. The number of aromatic nitrogens is 3. The third-order valence-electron chi connectivity index (χ3n) is 10.6. The molecule has 0 unspecified atom stereocenters. The van der Waals surface area contributed by atoms with Crippen molar-refractivity contribution in [3.8, 4) is 22.5 Å². The first-order valence-electron chi connectivity index (χ1n) is 19.4. The topological polar surface area (TPSA) is 128 Å². The highest BCUT2D eigenvalue weighted by Crippen LogP contribution is 2.43. The first kappa shape index (κ1) is 41.6. The Morgan fingerprint density at radius 2 is 1.91 bits per heavy atom. The maximum atomic E-state index is 14.5. The fourth-order valence-corrected chi connectivity index (χ4v) is 7.80. The summed E-state index contributed by atoms with van der Waals surface area (Å²) in [5, 5.41) is 4.89. The number of hydrogen-bond donors (Lipinski definition) is 2. The Kier molecular flexibility index (Phi) is 12.2. The van der Waals surface area contributed by atoms with Gasteiger partial charge in [-0.15, -0.1) is 0 Å². The summed E-state index contributed by atoms with van der Waals surface area (Å²) in [6.45, 7) is 10.2. The molecule has 57 heavy (non-hydrogen) atoms. The van der Waals surface area contributed by atoms with E-state index < -0.39 is 48.2 Å². The number of ether oxygens (including phenoxy) is 2. The molecule has 6 bridgehead atoms. The van der Waals surface area contributed by atoms with Gasteiger partial charge in [0.2, 0.25) is 5.91 Å². The fraction of sp³-hybridized carbons (Fsp3) is 0.465. The van der Waals surface area contributed by atoms with E-state index in [1.54, 1.807) is 62.5 Å². The summed E-state index contributed by atoms with van der Waals surface area (Å²) >= 11 is 0. The molecule has 3 atom stereocenters. The molecule has 2 aliphatic rings. The minimum atomic E-state index is -4.56. The second-order valence-corrected chi connectivity index (χ2v) is 16.0. The number of halogens is 3. The number of fused-ring (bicyclic) bond motifs is 6. The number of hydrazine groups is 1. The number of benzene rings is 1. The summed E-state index contributed by atoms with van der Waals surface area (Å²) in [6, 6.07) is 12.2. The highest BCUT2D eigenvalue weighted by molar-refractivity contribution is 5.97. The van der Waals surface area contributed by atoms with Gasteiger partial charge in [-0.2, -0.15) is 13.2 Å². The second kappa shape index (κ2) is 16.8. The number of carbonyl (C=O) groups is 3. The number of methoxy groups -OCH3 is 1. The smallest absolute Gasteiger partial charge is 0.406 e. The van der Waals surface area contributed by atoms with Crippen LogP contribution in [0.2, 0.25) is 0 Å². The van der Waals surface area contributed by atoms with Crippen molar-refractivity contribution in [1.82, 2.24) is 30.3 Å². The Balaban J connectivity index is 1.56. The lowest BCUT2D eigenvalue weighted by molar-refractivity contribution is -0.155. The van der Waals surface area contributed by atoms with E-state index in [4.69, 9.17) is 14.5 Å². The number of rotatable bonds is 7. The Morgan fingerprint density at radius 3 is 2.61 bits per heavy atom. The monoisotopic (exact) mass is 788 g/mol. The predicted octanol–water partition coefficient (Wildman–Crippen LogP) is 7.29. The van der Waals surface area contributed by atoms with Crippen LogP contribution in [0.4, 0.5) is 13.2 Å². The van der Waals surface area contributed by atoms with Crippen LogP contribution in [0.1, 0.15) is 77.4 Å². The molecule has 2 amide bonds. The van der Waals surface area contributed by atoms with Crippen LogP contribution >= 0.6 is 0 Å². The van der Waals surface area contributed by atoms with Gasteiger partial charge in [-0.05, 0) is 81.0 Å². The molecule has 11 nitrogen and oxygen atoms in total. The number of cyclic esters (lactones) is 1. The highest BCUT2D eigenvalue weighted by Gasteiger charge is 2.37. The molecule has 1 saturated heterocycles. The predicted molar refractivity (Wildman–Crippen MR) is 210 cm³/mol. The van der Waals surface area contributed by atoms with E-state index in [-0.39, 0.29) is 31.3 Å². The largest absolute Gasteiger partial charge is 0.464 e. The van der Waals surface area contributed by atoms with Crippen molar-refractivity contribution in [3.63, 3.8) is 0 Å². The van der Waals surface area contributed by atoms with Gasteiger partial charge in [0.25, 0.3) is 5.91 Å². The van der Waals surface area contributed by atoms with Crippen LogP contribution in [0.3, 0.4) is 0 Å². The summed E-state index contributed by atoms with van der Waals surface area (Å²) in [7, 11) is 1.52. The molecular weight excluding hydrogens is 738 g/mol. The Hall–Kier alpha value is -5.08. The van der Waals surface area contributed by atoms with E-state index in [1.165, 1.54) is 16.7 Å². The molecular formula is C43H51F3N6O5. The van der Waals surface area contributed by atoms with E-state index in [2.05, 4.69) is 15.7 Å². The van der Waals surface area contributed by atoms with E-state index in [9.17, 15) is 27.6 Å². The third kappa shape index (κ3) is 9.23. The van der Waals surface area contributed by atoms with E-state index in [0.717, 1.165) is 0 Å². The molecule has 3 aromatic heterocycles. The summed E-state index contributed by atoms with van der Waals surface area (Å²) in [5.41, 5.74) is 6.85. The van der Waals surface area contributed by atoms with Crippen molar-refractivity contribution in [2.45, 2.75) is 98.1 Å². The van der Waals surface area contributed by atoms with Gasteiger partial charge in [0, 0.05) is 65.0 Å². The first-order chi connectivity index (χ1) is 27.0. The fourth-order valence-electron chi connectivity index (χ4n) is 7.80. The van der Waals surface area contributed by atoms with Crippen LogP contribution in [0.15, 0.2) is 66.4 Å². The molecule has 0 aliphatic carbocycles. The molecule has 1 aromatic carbocycles. The number of hydrogen-bond acceptors (Lipinski definition) is 8. The van der Waals surface area contributed by atoms with Crippen molar-refractivity contribution >= 4 is 28.7 Å². The Labute approximate surface area is 331 Å². The van der Waals surface area contributed by atoms with E-state index in [1.807, 2.05) is 39.8 Å². The number of esters is 1. The minimum Gasteiger partial charge on any atom is -0.464 e. The normalized spacial score (nSPS) is 20.0. The molecule has 0 spiro atoms. The molecule has 4 aromatic rings. The molecule has 5 heterocycles. The van der Waals surface area contributed by atoms with Crippen molar-refractivity contribution in [1.29, 1.82) is 0 Å². The highest BCUT2D eigenvalue weighted by atomic mass is 19.4. The SMILES string of the molecule is C/C=C(/C(=O)N[C@H]1Cc2cccc(n2)-c2ccc3c(c2)c(c(-c2cccnc2[C@H](C)OC)n3CC(F)(F)F)CC(C)(C)COC(=O)[C@@H]2CCCN(N2)C1=O)C(C)C. The number of pyridine rings is 2. The van der Waals surface area contributed by atoms with Crippen molar-refractivity contribution < 1.29 is 37.0 Å². The summed E-state index contributed by atoms with van der Waals surface area (Å²) in [5.74, 6) is -1.45. The Bertz CT molecular complexity index is 2180. The van der Waals surface area contributed by atoms with E-state index >= 15 is 0 Å². The lowest BCUT2D eigenvalue weighted by atomic mass is 9.84. The summed E-state index contributed by atoms with van der Waals surface area (Å²) in [6.07, 6.45) is -0.576. The average molecular weight is 789 g/mol. The minimum absolute atomic E-state index is 0.0378. The molecule has 304 valence electrons. The maximum Gasteiger partial charge on any atom is 0.406 e. The summed E-state index contributed by atoms with van der Waals surface area (Å²) in [4.78, 5) is 50.9. The van der Waals surface area contributed by atoms with Crippen molar-refractivity contribution in [3.05, 3.63) is 83.3 Å². The lowest BCUT2D eigenvalue weighted by Crippen LogP contribution is -2.60. The average Bonchev–Trinajstić information content (AvgIpc) is 3.45. The number of allylic oxidation sites excluding steroid dienone is 1. The van der Waals surface area contributed by atoms with Gasteiger partial charge >= 0.3 is 12.1 Å². The molecule has 1 fully saturated rings. The van der Waals surface area contributed by atoms with Crippen LogP contribution in [0.5, 0.6) is 0 Å². The molecule has 0 saturated carbocycles. The number of alkyl halides is 3. The van der Waals surface area contributed by atoms with E-state index in [0.29, 0.717) is 75.3 Å². The van der Waals surface area contributed by atoms with Gasteiger partial charge in [0.15, 0.2) is 0 Å². The number of amides is 2. The quantitative estimate of drug-likeness (QED) is 0.148. The van der Waals surface area contributed by atoms with Crippen molar-refractivity contribution in [2.24, 2.45) is 11.3 Å². The van der Waals surface area contributed by atoms with Crippen molar-refractivity contribution in [2.75, 3.05) is 20.3 Å².